The topological polar surface area (TPSA) is 61.9 Å². The minimum atomic E-state index is -1.77. The largest absolute Gasteiger partial charge is 0.495 e. The fourth-order valence-electron chi connectivity index (χ4n) is 4.30. The highest BCUT2D eigenvalue weighted by Crippen LogP contribution is 2.40. The Labute approximate surface area is 210 Å². The van der Waals surface area contributed by atoms with E-state index in [9.17, 15) is 0 Å². The van der Waals surface area contributed by atoms with Crippen LogP contribution < -0.4 is 28.6 Å². The number of benzene rings is 2. The van der Waals surface area contributed by atoms with Crippen molar-refractivity contribution in [3.63, 3.8) is 0 Å². The van der Waals surface area contributed by atoms with E-state index in [4.69, 9.17) is 28.1 Å². The summed E-state index contributed by atoms with van der Waals surface area (Å²) in [6.07, 6.45) is -0.0430. The van der Waals surface area contributed by atoms with E-state index in [1.54, 1.807) is 28.4 Å². The molecule has 0 spiro atoms. The Balaban J connectivity index is 1.64. The fraction of sp³-hybridized carbons (Fsp3) is 0.538. The van der Waals surface area contributed by atoms with Crippen LogP contribution in [0.2, 0.25) is 19.6 Å². The summed E-state index contributed by atoms with van der Waals surface area (Å²) >= 11 is 0. The van der Waals surface area contributed by atoms with Gasteiger partial charge in [-0.2, -0.15) is 0 Å². The summed E-state index contributed by atoms with van der Waals surface area (Å²) in [5, 5.41) is 0. The number of piperazine rings is 1. The summed E-state index contributed by atoms with van der Waals surface area (Å²) < 4.78 is 34.6. The maximum atomic E-state index is 6.52. The highest BCUT2D eigenvalue weighted by molar-refractivity contribution is 6.69. The average Bonchev–Trinajstić information content (AvgIpc) is 2.86. The van der Waals surface area contributed by atoms with E-state index >= 15 is 0 Å². The van der Waals surface area contributed by atoms with Crippen molar-refractivity contribution in [1.82, 2.24) is 4.90 Å². The van der Waals surface area contributed by atoms with Crippen molar-refractivity contribution in [1.29, 1.82) is 0 Å². The van der Waals surface area contributed by atoms with Crippen LogP contribution in [0.25, 0.3) is 0 Å². The number of hydrogen-bond acceptors (Lipinski definition) is 8. The molecule has 1 aliphatic rings. The lowest BCUT2D eigenvalue weighted by Crippen LogP contribution is -2.51. The van der Waals surface area contributed by atoms with Gasteiger partial charge in [0.2, 0.25) is 5.75 Å². The Morgan fingerprint density at radius 3 is 1.94 bits per heavy atom. The number of ether oxygens (including phenoxy) is 5. The molecule has 0 aromatic heterocycles. The summed E-state index contributed by atoms with van der Waals surface area (Å²) in [5.41, 5.74) is 1.15. The molecule has 194 valence electrons. The van der Waals surface area contributed by atoms with Gasteiger partial charge in [0.1, 0.15) is 18.1 Å². The molecule has 0 N–H and O–H groups in total. The SMILES string of the molecule is COc1ccccc1N1CCN(CC(COc2cc(OC)c(OC)c(OC)c2)O[Si](C)(C)C)CC1. The summed E-state index contributed by atoms with van der Waals surface area (Å²) in [4.78, 5) is 4.84. The first-order valence-corrected chi connectivity index (χ1v) is 15.4. The number of methoxy groups -OCH3 is 4. The van der Waals surface area contributed by atoms with Crippen LogP contribution in [-0.2, 0) is 4.43 Å². The van der Waals surface area contributed by atoms with Crippen LogP contribution >= 0.6 is 0 Å². The minimum Gasteiger partial charge on any atom is -0.495 e. The molecular formula is C26H40N2O6Si. The van der Waals surface area contributed by atoms with E-state index in [0.717, 1.165) is 44.2 Å². The standard InChI is InChI=1S/C26H40N2O6Si/c1-29-23-11-9-8-10-22(23)28-14-12-27(13-15-28)18-21(34-35(5,6)7)19-33-20-16-24(30-2)26(32-4)25(17-20)31-3/h8-11,16-17,21H,12-15,18-19H2,1-7H3. The monoisotopic (exact) mass is 504 g/mol. The lowest BCUT2D eigenvalue weighted by Gasteiger charge is -2.38. The summed E-state index contributed by atoms with van der Waals surface area (Å²) in [7, 11) is 4.74. The Hall–Kier alpha value is -2.62. The molecule has 2 aromatic carbocycles. The number of nitrogens with zero attached hydrogens (tertiary/aromatic N) is 2. The first kappa shape index (κ1) is 27.0. The third-order valence-electron chi connectivity index (χ3n) is 5.85. The molecule has 1 heterocycles. The van der Waals surface area contributed by atoms with Crippen LogP contribution in [0, 0.1) is 0 Å². The normalized spacial score (nSPS) is 15.5. The van der Waals surface area contributed by atoms with Gasteiger partial charge in [0, 0.05) is 44.9 Å². The predicted octanol–water partition coefficient (Wildman–Crippen LogP) is 4.14. The molecule has 9 heteroatoms. The zero-order chi connectivity index (χ0) is 25.4. The van der Waals surface area contributed by atoms with Crippen molar-refractivity contribution in [2.24, 2.45) is 0 Å². The van der Waals surface area contributed by atoms with E-state index in [1.807, 2.05) is 24.3 Å². The van der Waals surface area contributed by atoms with Crippen molar-refractivity contribution in [2.45, 2.75) is 25.7 Å². The quantitative estimate of drug-likeness (QED) is 0.400. The number of rotatable bonds is 12. The second-order valence-corrected chi connectivity index (χ2v) is 13.9. The third kappa shape index (κ3) is 7.43. The number of para-hydroxylation sites is 2. The molecular weight excluding hydrogens is 464 g/mol. The van der Waals surface area contributed by atoms with Crippen LogP contribution in [-0.4, -0.2) is 87.1 Å². The van der Waals surface area contributed by atoms with Gasteiger partial charge in [-0.15, -0.1) is 0 Å². The van der Waals surface area contributed by atoms with Crippen LogP contribution in [0.5, 0.6) is 28.7 Å². The van der Waals surface area contributed by atoms with E-state index < -0.39 is 8.32 Å². The fourth-order valence-corrected chi connectivity index (χ4v) is 5.45. The first-order chi connectivity index (χ1) is 16.8. The van der Waals surface area contributed by atoms with Gasteiger partial charge >= 0.3 is 0 Å². The molecule has 8 nitrogen and oxygen atoms in total. The summed E-state index contributed by atoms with van der Waals surface area (Å²) in [5.74, 6) is 3.25. The van der Waals surface area contributed by atoms with E-state index in [1.165, 1.54) is 0 Å². The van der Waals surface area contributed by atoms with Gasteiger partial charge in [-0.1, -0.05) is 12.1 Å². The zero-order valence-electron chi connectivity index (χ0n) is 22.1. The molecule has 0 aliphatic carbocycles. The van der Waals surface area contributed by atoms with Crippen LogP contribution in [0.15, 0.2) is 36.4 Å². The van der Waals surface area contributed by atoms with Crippen molar-refractivity contribution in [3.05, 3.63) is 36.4 Å². The van der Waals surface area contributed by atoms with Gasteiger partial charge in [0.25, 0.3) is 0 Å². The maximum Gasteiger partial charge on any atom is 0.203 e. The molecule has 0 amide bonds. The Kier molecular flexibility index (Phi) is 9.53. The highest BCUT2D eigenvalue weighted by atomic mass is 28.4. The van der Waals surface area contributed by atoms with E-state index in [-0.39, 0.29) is 6.10 Å². The minimum absolute atomic E-state index is 0.0430. The second-order valence-electron chi connectivity index (χ2n) is 9.48. The average molecular weight is 505 g/mol. The molecule has 1 fully saturated rings. The number of anilines is 1. The molecule has 3 rings (SSSR count). The summed E-state index contributed by atoms with van der Waals surface area (Å²) in [6.45, 7) is 11.7. The van der Waals surface area contributed by atoms with Crippen molar-refractivity contribution in [3.8, 4) is 28.7 Å². The van der Waals surface area contributed by atoms with Gasteiger partial charge in [0.15, 0.2) is 19.8 Å². The van der Waals surface area contributed by atoms with Crippen molar-refractivity contribution < 1.29 is 28.1 Å². The molecule has 1 aliphatic heterocycles. The van der Waals surface area contributed by atoms with E-state index in [2.05, 4.69) is 41.6 Å². The van der Waals surface area contributed by atoms with Crippen molar-refractivity contribution >= 4 is 14.0 Å². The van der Waals surface area contributed by atoms with Crippen LogP contribution in [0.3, 0.4) is 0 Å². The zero-order valence-corrected chi connectivity index (χ0v) is 23.1. The van der Waals surface area contributed by atoms with Gasteiger partial charge in [-0.3, -0.25) is 4.90 Å². The smallest absolute Gasteiger partial charge is 0.203 e. The van der Waals surface area contributed by atoms with Crippen LogP contribution in [0.4, 0.5) is 5.69 Å². The molecule has 0 radical (unpaired) electrons. The molecule has 1 atom stereocenters. The maximum absolute atomic E-state index is 6.52. The molecule has 0 bridgehead atoms. The Bertz CT molecular complexity index is 919. The lowest BCUT2D eigenvalue weighted by atomic mass is 10.2. The van der Waals surface area contributed by atoms with Crippen molar-refractivity contribution in [2.75, 3.05) is 72.7 Å². The summed E-state index contributed by atoms with van der Waals surface area (Å²) in [6, 6.07) is 11.8. The van der Waals surface area contributed by atoms with Gasteiger partial charge in [-0.05, 0) is 31.8 Å². The third-order valence-corrected chi connectivity index (χ3v) is 6.89. The Morgan fingerprint density at radius 1 is 0.800 bits per heavy atom. The Morgan fingerprint density at radius 2 is 1.40 bits per heavy atom. The molecule has 2 aromatic rings. The predicted molar refractivity (Wildman–Crippen MR) is 141 cm³/mol. The van der Waals surface area contributed by atoms with Gasteiger partial charge < -0.3 is 33.0 Å². The number of hydrogen-bond donors (Lipinski definition) is 0. The van der Waals surface area contributed by atoms with E-state index in [0.29, 0.717) is 29.6 Å². The van der Waals surface area contributed by atoms with Gasteiger partial charge in [-0.25, -0.2) is 0 Å². The lowest BCUT2D eigenvalue weighted by molar-refractivity contribution is 0.0786. The second kappa shape index (κ2) is 12.4. The molecule has 0 saturated carbocycles. The highest BCUT2D eigenvalue weighted by Gasteiger charge is 2.27. The molecule has 1 unspecified atom stereocenters. The van der Waals surface area contributed by atoms with Crippen LogP contribution in [0.1, 0.15) is 0 Å². The molecule has 1 saturated heterocycles. The molecule has 35 heavy (non-hydrogen) atoms. The first-order valence-electron chi connectivity index (χ1n) is 12.0. The van der Waals surface area contributed by atoms with Gasteiger partial charge in [0.05, 0.1) is 40.2 Å².